The van der Waals surface area contributed by atoms with Crippen LogP contribution in [0.1, 0.15) is 28.7 Å². The Morgan fingerprint density at radius 2 is 2.06 bits per heavy atom. The zero-order chi connectivity index (χ0) is 13.0. The molecule has 0 aliphatic carbocycles. The van der Waals surface area contributed by atoms with Gasteiger partial charge in [0.25, 0.3) is 5.82 Å². The Hall–Kier alpha value is -2.24. The first-order valence-corrected chi connectivity index (χ1v) is 5.69. The van der Waals surface area contributed by atoms with Crippen molar-refractivity contribution >= 4 is 5.97 Å². The lowest BCUT2D eigenvalue weighted by atomic mass is 10.1. The number of carbonyl (C=O) groups excluding carboxylic acids is 1. The molecule has 0 radical (unpaired) electrons. The number of aryl methyl sites for hydroxylation is 1. The van der Waals surface area contributed by atoms with Gasteiger partial charge in [-0.1, -0.05) is 29.8 Å². The predicted octanol–water partition coefficient (Wildman–Crippen LogP) is 1.21. The van der Waals surface area contributed by atoms with Crippen LogP contribution in [0.4, 0.5) is 0 Å². The molecule has 0 saturated heterocycles. The molecule has 2 rings (SSSR count). The van der Waals surface area contributed by atoms with Crippen molar-refractivity contribution in [2.45, 2.75) is 20.4 Å². The van der Waals surface area contributed by atoms with E-state index in [1.165, 1.54) is 10.2 Å². The molecule has 0 fully saturated rings. The normalized spacial score (nSPS) is 10.3. The number of aromatic nitrogens is 4. The Bertz CT molecular complexity index is 533. The molecule has 0 N–H and O–H groups in total. The summed E-state index contributed by atoms with van der Waals surface area (Å²) in [6.45, 7) is 4.51. The summed E-state index contributed by atoms with van der Waals surface area (Å²) in [5, 5.41) is 11.0. The van der Waals surface area contributed by atoms with Gasteiger partial charge in [0.05, 0.1) is 13.2 Å². The lowest BCUT2D eigenvalue weighted by Crippen LogP contribution is -2.15. The van der Waals surface area contributed by atoms with Crippen molar-refractivity contribution in [1.82, 2.24) is 20.2 Å². The van der Waals surface area contributed by atoms with Gasteiger partial charge < -0.3 is 4.74 Å². The summed E-state index contributed by atoms with van der Waals surface area (Å²) in [6.07, 6.45) is 0. The summed E-state index contributed by atoms with van der Waals surface area (Å²) < 4.78 is 6.31. The van der Waals surface area contributed by atoms with Gasteiger partial charge in [-0.05, 0) is 29.8 Å². The third-order valence-electron chi connectivity index (χ3n) is 2.44. The van der Waals surface area contributed by atoms with Crippen LogP contribution >= 0.6 is 0 Å². The average molecular weight is 246 g/mol. The Morgan fingerprint density at radius 1 is 1.33 bits per heavy atom. The van der Waals surface area contributed by atoms with Crippen molar-refractivity contribution in [2.75, 3.05) is 6.61 Å². The molecule has 0 bridgehead atoms. The Balaban J connectivity index is 2.17. The van der Waals surface area contributed by atoms with Crippen LogP contribution in [0.15, 0.2) is 24.3 Å². The second-order valence-electron chi connectivity index (χ2n) is 3.87. The summed E-state index contributed by atoms with van der Waals surface area (Å²) in [7, 11) is 0. The standard InChI is InChI=1S/C12H14N4O2/c1-3-18-12(17)11-13-14-15-16(11)8-10-6-4-9(2)5-7-10/h4-7H,3,8H2,1-2H3. The molecule has 0 amide bonds. The molecule has 0 aliphatic rings. The number of rotatable bonds is 4. The van der Waals surface area contributed by atoms with E-state index in [2.05, 4.69) is 15.5 Å². The maximum atomic E-state index is 11.6. The van der Waals surface area contributed by atoms with Gasteiger partial charge in [-0.25, -0.2) is 9.48 Å². The molecule has 1 aromatic carbocycles. The van der Waals surface area contributed by atoms with Crippen molar-refractivity contribution in [2.24, 2.45) is 0 Å². The van der Waals surface area contributed by atoms with Gasteiger partial charge in [0.2, 0.25) is 0 Å². The van der Waals surface area contributed by atoms with E-state index in [-0.39, 0.29) is 5.82 Å². The molecule has 1 aromatic heterocycles. The minimum absolute atomic E-state index is 0.123. The smallest absolute Gasteiger partial charge is 0.378 e. The zero-order valence-corrected chi connectivity index (χ0v) is 10.3. The van der Waals surface area contributed by atoms with Gasteiger partial charge in [0.1, 0.15) is 0 Å². The van der Waals surface area contributed by atoms with E-state index >= 15 is 0 Å². The molecule has 2 aromatic rings. The number of hydrogen-bond acceptors (Lipinski definition) is 5. The fourth-order valence-corrected chi connectivity index (χ4v) is 1.52. The quantitative estimate of drug-likeness (QED) is 0.758. The van der Waals surface area contributed by atoms with Crippen molar-refractivity contribution in [3.63, 3.8) is 0 Å². The number of esters is 1. The molecule has 18 heavy (non-hydrogen) atoms. The van der Waals surface area contributed by atoms with Gasteiger partial charge >= 0.3 is 5.97 Å². The van der Waals surface area contributed by atoms with Gasteiger partial charge in [0.15, 0.2) is 0 Å². The number of ether oxygens (including phenoxy) is 1. The highest BCUT2D eigenvalue weighted by atomic mass is 16.5. The third-order valence-corrected chi connectivity index (χ3v) is 2.44. The largest absolute Gasteiger partial charge is 0.460 e. The molecular formula is C12H14N4O2. The number of hydrogen-bond donors (Lipinski definition) is 0. The molecule has 0 unspecified atom stereocenters. The Morgan fingerprint density at radius 3 is 2.72 bits per heavy atom. The molecule has 0 atom stereocenters. The van der Waals surface area contributed by atoms with Crippen LogP contribution in [0.2, 0.25) is 0 Å². The third kappa shape index (κ3) is 2.71. The van der Waals surface area contributed by atoms with Crippen LogP contribution < -0.4 is 0 Å². The highest BCUT2D eigenvalue weighted by Crippen LogP contribution is 2.06. The van der Waals surface area contributed by atoms with Gasteiger partial charge in [-0.3, -0.25) is 0 Å². The van der Waals surface area contributed by atoms with Gasteiger partial charge in [-0.2, -0.15) is 0 Å². The summed E-state index contributed by atoms with van der Waals surface area (Å²) in [5.41, 5.74) is 2.21. The van der Waals surface area contributed by atoms with E-state index < -0.39 is 5.97 Å². The summed E-state index contributed by atoms with van der Waals surface area (Å²) in [4.78, 5) is 11.6. The monoisotopic (exact) mass is 246 g/mol. The number of carbonyl (C=O) groups is 1. The second-order valence-corrected chi connectivity index (χ2v) is 3.87. The summed E-state index contributed by atoms with van der Waals surface area (Å²) in [5.74, 6) is -0.382. The first kappa shape index (κ1) is 12.2. The van der Waals surface area contributed by atoms with Crippen LogP contribution in [0.5, 0.6) is 0 Å². The summed E-state index contributed by atoms with van der Waals surface area (Å²) in [6, 6.07) is 7.96. The van der Waals surface area contributed by atoms with Crippen LogP contribution in [0, 0.1) is 6.92 Å². The van der Waals surface area contributed by atoms with Crippen molar-refractivity contribution in [1.29, 1.82) is 0 Å². The van der Waals surface area contributed by atoms with Crippen molar-refractivity contribution in [3.8, 4) is 0 Å². The minimum Gasteiger partial charge on any atom is -0.460 e. The molecule has 0 spiro atoms. The van der Waals surface area contributed by atoms with E-state index in [0.29, 0.717) is 13.2 Å². The summed E-state index contributed by atoms with van der Waals surface area (Å²) >= 11 is 0. The van der Waals surface area contributed by atoms with Crippen LogP contribution in [0.3, 0.4) is 0 Å². The Labute approximate surface area is 105 Å². The Kier molecular flexibility index (Phi) is 3.66. The maximum absolute atomic E-state index is 11.6. The SMILES string of the molecule is CCOC(=O)c1nnnn1Cc1ccc(C)cc1. The lowest BCUT2D eigenvalue weighted by Gasteiger charge is -2.04. The van der Waals surface area contributed by atoms with Crippen molar-refractivity contribution < 1.29 is 9.53 Å². The maximum Gasteiger partial charge on any atom is 0.378 e. The van der Waals surface area contributed by atoms with E-state index in [4.69, 9.17) is 4.74 Å². The molecule has 0 aliphatic heterocycles. The molecular weight excluding hydrogens is 232 g/mol. The van der Waals surface area contributed by atoms with E-state index in [1.807, 2.05) is 31.2 Å². The van der Waals surface area contributed by atoms with Crippen LogP contribution in [0.25, 0.3) is 0 Å². The molecule has 94 valence electrons. The highest BCUT2D eigenvalue weighted by molar-refractivity contribution is 5.85. The second kappa shape index (κ2) is 5.39. The lowest BCUT2D eigenvalue weighted by molar-refractivity contribution is 0.0505. The van der Waals surface area contributed by atoms with Crippen molar-refractivity contribution in [3.05, 3.63) is 41.2 Å². The number of benzene rings is 1. The van der Waals surface area contributed by atoms with E-state index in [1.54, 1.807) is 6.92 Å². The van der Waals surface area contributed by atoms with Crippen LogP contribution in [-0.2, 0) is 11.3 Å². The topological polar surface area (TPSA) is 69.9 Å². The first-order chi connectivity index (χ1) is 8.70. The number of nitrogens with zero attached hydrogens (tertiary/aromatic N) is 4. The fourth-order valence-electron chi connectivity index (χ4n) is 1.52. The van der Waals surface area contributed by atoms with Crippen LogP contribution in [-0.4, -0.2) is 32.8 Å². The van der Waals surface area contributed by atoms with E-state index in [9.17, 15) is 4.79 Å². The molecule has 6 nitrogen and oxygen atoms in total. The first-order valence-electron chi connectivity index (χ1n) is 5.69. The number of tetrazole rings is 1. The zero-order valence-electron chi connectivity index (χ0n) is 10.3. The highest BCUT2D eigenvalue weighted by Gasteiger charge is 2.16. The average Bonchev–Trinajstić information content (AvgIpc) is 2.81. The molecule has 1 heterocycles. The van der Waals surface area contributed by atoms with E-state index in [0.717, 1.165) is 5.56 Å². The predicted molar refractivity (Wildman–Crippen MR) is 64.1 cm³/mol. The minimum atomic E-state index is -0.505. The van der Waals surface area contributed by atoms with Gasteiger partial charge in [-0.15, -0.1) is 5.10 Å². The molecule has 6 heteroatoms. The molecule has 0 saturated carbocycles. The van der Waals surface area contributed by atoms with Gasteiger partial charge in [0, 0.05) is 0 Å². The fraction of sp³-hybridized carbons (Fsp3) is 0.333.